The monoisotopic (exact) mass is 553 g/mol. The Morgan fingerprint density at radius 2 is 1.49 bits per heavy atom. The number of methoxy groups -OCH3 is 3. The number of esters is 1. The number of rotatable bonds is 9. The van der Waals surface area contributed by atoms with Crippen LogP contribution in [0.3, 0.4) is 0 Å². The number of Topliss-reactive ketones (excluding diaryl/α,β-unsaturated/α-hetero) is 1. The van der Waals surface area contributed by atoms with Crippen molar-refractivity contribution in [1.82, 2.24) is 0 Å². The minimum absolute atomic E-state index is 0.0165. The first kappa shape index (κ1) is 28.1. The first-order valence-electron chi connectivity index (χ1n) is 13.8. The smallest absolute Gasteiger partial charge is 0.315 e. The zero-order chi connectivity index (χ0) is 28.9. The summed E-state index contributed by atoms with van der Waals surface area (Å²) in [4.78, 5) is 32.6. The molecule has 1 heterocycles. The topological polar surface area (TPSA) is 83.4 Å². The second-order valence-electron chi connectivity index (χ2n) is 10.4. The van der Waals surface area contributed by atoms with Crippen molar-refractivity contribution in [3.05, 3.63) is 101 Å². The lowest BCUT2D eigenvalue weighted by molar-refractivity contribution is -0.146. The number of ether oxygens (including phenoxy) is 4. The third kappa shape index (κ3) is 5.75. The van der Waals surface area contributed by atoms with Crippen molar-refractivity contribution in [2.45, 2.75) is 38.0 Å². The molecule has 212 valence electrons. The van der Waals surface area contributed by atoms with Crippen molar-refractivity contribution < 1.29 is 28.5 Å². The van der Waals surface area contributed by atoms with Crippen molar-refractivity contribution in [2.24, 2.45) is 10.9 Å². The Labute approximate surface area is 240 Å². The van der Waals surface area contributed by atoms with Gasteiger partial charge in [0.05, 0.1) is 27.9 Å². The fourth-order valence-corrected chi connectivity index (χ4v) is 5.97. The number of aliphatic imine (C=N–C) groups is 1. The van der Waals surface area contributed by atoms with Crippen LogP contribution in [0.2, 0.25) is 0 Å². The van der Waals surface area contributed by atoms with Crippen LogP contribution in [0.4, 0.5) is 0 Å². The van der Waals surface area contributed by atoms with Crippen LogP contribution < -0.4 is 14.2 Å². The lowest BCUT2D eigenvalue weighted by atomic mass is 9.69. The molecule has 5 rings (SSSR count). The standard InChI is InChI=1S/C34H35NO6/c1-21-30(34(37)41-16-15-22-11-7-5-8-12-22)31(25-19-28(38-2)33(40-4)29(20-25)39-3)32-26(35-21)17-24(18-27(32)36)23-13-9-6-10-14-23/h5-14,19-20,24,30-31H,15-18H2,1-4H3/t24-,30?,31-/m1/s1. The fraction of sp³-hybridized carbons (Fsp3) is 0.324. The van der Waals surface area contributed by atoms with Crippen molar-refractivity contribution in [3.8, 4) is 17.2 Å². The highest BCUT2D eigenvalue weighted by atomic mass is 16.5. The molecule has 41 heavy (non-hydrogen) atoms. The van der Waals surface area contributed by atoms with Gasteiger partial charge in [0.2, 0.25) is 5.75 Å². The van der Waals surface area contributed by atoms with Crippen molar-refractivity contribution in [1.29, 1.82) is 0 Å². The Kier molecular flexibility index (Phi) is 8.53. The van der Waals surface area contributed by atoms with Gasteiger partial charge in [-0.15, -0.1) is 0 Å². The number of benzene rings is 3. The highest BCUT2D eigenvalue weighted by Gasteiger charge is 2.45. The first-order valence-corrected chi connectivity index (χ1v) is 13.8. The normalized spacial score (nSPS) is 20.1. The molecule has 7 heteroatoms. The predicted octanol–water partition coefficient (Wildman–Crippen LogP) is 6.07. The van der Waals surface area contributed by atoms with Crippen molar-refractivity contribution in [2.75, 3.05) is 27.9 Å². The molecular weight excluding hydrogens is 518 g/mol. The molecule has 0 spiro atoms. The summed E-state index contributed by atoms with van der Waals surface area (Å²) in [7, 11) is 4.63. The predicted molar refractivity (Wildman–Crippen MR) is 157 cm³/mol. The zero-order valence-corrected chi connectivity index (χ0v) is 23.9. The Morgan fingerprint density at radius 3 is 2.10 bits per heavy atom. The van der Waals surface area contributed by atoms with E-state index in [2.05, 4.69) is 0 Å². The third-order valence-electron chi connectivity index (χ3n) is 7.94. The average molecular weight is 554 g/mol. The summed E-state index contributed by atoms with van der Waals surface area (Å²) >= 11 is 0. The molecule has 1 aliphatic heterocycles. The van der Waals surface area contributed by atoms with E-state index in [9.17, 15) is 9.59 Å². The molecule has 3 aromatic rings. The van der Waals surface area contributed by atoms with E-state index in [1.165, 1.54) is 0 Å². The van der Waals surface area contributed by atoms with Gasteiger partial charge < -0.3 is 18.9 Å². The van der Waals surface area contributed by atoms with Crippen LogP contribution in [0, 0.1) is 5.92 Å². The summed E-state index contributed by atoms with van der Waals surface area (Å²) in [6, 6.07) is 23.5. The SMILES string of the molecule is COc1cc([C@H]2C3=C(C[C@@H](c4ccccc4)CC3=O)N=C(C)C2C(=O)OCCc2ccccc2)cc(OC)c1OC. The number of carbonyl (C=O) groups excluding carboxylic acids is 2. The summed E-state index contributed by atoms with van der Waals surface area (Å²) in [6.07, 6.45) is 1.54. The Hall–Kier alpha value is -4.39. The minimum atomic E-state index is -0.774. The first-order chi connectivity index (χ1) is 19.9. The zero-order valence-electron chi connectivity index (χ0n) is 23.9. The molecule has 1 aliphatic carbocycles. The third-order valence-corrected chi connectivity index (χ3v) is 7.94. The highest BCUT2D eigenvalue weighted by Crippen LogP contribution is 2.49. The van der Waals surface area contributed by atoms with Gasteiger partial charge in [-0.2, -0.15) is 0 Å². The van der Waals surface area contributed by atoms with Crippen LogP contribution in [0.15, 0.2) is 89.1 Å². The number of nitrogens with zero attached hydrogens (tertiary/aromatic N) is 1. The summed E-state index contributed by atoms with van der Waals surface area (Å²) in [6.45, 7) is 2.07. The van der Waals surface area contributed by atoms with Crippen LogP contribution in [-0.2, 0) is 20.7 Å². The second kappa shape index (κ2) is 12.4. The number of carbonyl (C=O) groups is 2. The van der Waals surface area contributed by atoms with E-state index in [1.807, 2.05) is 79.7 Å². The summed E-state index contributed by atoms with van der Waals surface area (Å²) in [5.41, 5.74) is 4.79. The van der Waals surface area contributed by atoms with Crippen molar-refractivity contribution >= 4 is 17.5 Å². The molecule has 0 aromatic heterocycles. The second-order valence-corrected chi connectivity index (χ2v) is 10.4. The van der Waals surface area contributed by atoms with Gasteiger partial charge in [0.1, 0.15) is 5.92 Å². The quantitative estimate of drug-likeness (QED) is 0.299. The van der Waals surface area contributed by atoms with Gasteiger partial charge in [0.25, 0.3) is 0 Å². The van der Waals surface area contributed by atoms with E-state index in [1.54, 1.807) is 21.3 Å². The van der Waals surface area contributed by atoms with Crippen LogP contribution in [0.1, 0.15) is 48.3 Å². The molecule has 0 amide bonds. The van der Waals surface area contributed by atoms with E-state index < -0.39 is 17.8 Å². The molecule has 0 saturated heterocycles. The Morgan fingerprint density at radius 1 is 0.854 bits per heavy atom. The minimum Gasteiger partial charge on any atom is -0.493 e. The van der Waals surface area contributed by atoms with E-state index in [-0.39, 0.29) is 18.3 Å². The van der Waals surface area contributed by atoms with E-state index >= 15 is 0 Å². The Bertz CT molecular complexity index is 1450. The van der Waals surface area contributed by atoms with E-state index in [0.717, 1.165) is 16.8 Å². The molecule has 1 unspecified atom stereocenters. The van der Waals surface area contributed by atoms with Gasteiger partial charge >= 0.3 is 5.97 Å². The van der Waals surface area contributed by atoms with E-state index in [4.69, 9.17) is 23.9 Å². The van der Waals surface area contributed by atoms with Gasteiger partial charge in [-0.3, -0.25) is 14.6 Å². The molecule has 0 fully saturated rings. The van der Waals surface area contributed by atoms with Crippen molar-refractivity contribution in [3.63, 3.8) is 0 Å². The van der Waals surface area contributed by atoms with Gasteiger partial charge in [0, 0.05) is 35.7 Å². The summed E-state index contributed by atoms with van der Waals surface area (Å²) < 4.78 is 22.6. The summed E-state index contributed by atoms with van der Waals surface area (Å²) in [5.74, 6) is -0.447. The molecule has 0 N–H and O–H groups in total. The molecule has 3 aromatic carbocycles. The van der Waals surface area contributed by atoms with Crippen LogP contribution in [-0.4, -0.2) is 45.4 Å². The average Bonchev–Trinajstić information content (AvgIpc) is 3.00. The molecule has 2 aliphatic rings. The van der Waals surface area contributed by atoms with Gasteiger partial charge in [-0.25, -0.2) is 0 Å². The van der Waals surface area contributed by atoms with Crippen LogP contribution in [0.25, 0.3) is 0 Å². The van der Waals surface area contributed by atoms with E-state index in [0.29, 0.717) is 53.4 Å². The highest BCUT2D eigenvalue weighted by molar-refractivity contribution is 6.09. The number of hydrogen-bond donors (Lipinski definition) is 0. The largest absolute Gasteiger partial charge is 0.493 e. The molecular formula is C34H35NO6. The molecule has 0 radical (unpaired) electrons. The molecule has 0 saturated carbocycles. The van der Waals surface area contributed by atoms with Gasteiger partial charge in [-0.1, -0.05) is 60.7 Å². The Balaban J connectivity index is 1.55. The molecule has 7 nitrogen and oxygen atoms in total. The maximum atomic E-state index is 13.9. The van der Waals surface area contributed by atoms with Crippen LogP contribution >= 0.6 is 0 Å². The lowest BCUT2D eigenvalue weighted by Crippen LogP contribution is -2.38. The number of hydrogen-bond acceptors (Lipinski definition) is 7. The van der Waals surface area contributed by atoms with Crippen LogP contribution in [0.5, 0.6) is 17.2 Å². The maximum absolute atomic E-state index is 13.9. The number of allylic oxidation sites excluding steroid dienone is 2. The summed E-state index contributed by atoms with van der Waals surface area (Å²) in [5, 5.41) is 0. The van der Waals surface area contributed by atoms with Gasteiger partial charge in [0.15, 0.2) is 17.3 Å². The molecule has 0 bridgehead atoms. The number of ketones is 1. The maximum Gasteiger partial charge on any atom is 0.315 e. The fourth-order valence-electron chi connectivity index (χ4n) is 5.97. The lowest BCUT2D eigenvalue weighted by Gasteiger charge is -2.36. The van der Waals surface area contributed by atoms with Gasteiger partial charge in [-0.05, 0) is 48.1 Å². The molecule has 3 atom stereocenters.